The first-order valence-electron chi connectivity index (χ1n) is 7.17. The molecule has 0 saturated carbocycles. The number of nitrogens with two attached hydrogens (primary N) is 1. The summed E-state index contributed by atoms with van der Waals surface area (Å²) in [6.07, 6.45) is 1.00. The van der Waals surface area contributed by atoms with E-state index in [9.17, 15) is 13.6 Å². The number of anilines is 1. The van der Waals surface area contributed by atoms with E-state index in [0.29, 0.717) is 18.4 Å². The van der Waals surface area contributed by atoms with Crippen molar-refractivity contribution in [1.82, 2.24) is 4.90 Å². The maximum Gasteiger partial charge on any atom is 0.238 e. The molecule has 2 rings (SSSR count). The average Bonchev–Trinajstić information content (AvgIpc) is 2.44. The van der Waals surface area contributed by atoms with Crippen molar-refractivity contribution in [1.29, 1.82) is 0 Å². The molecule has 0 aliphatic carbocycles. The van der Waals surface area contributed by atoms with Gasteiger partial charge in [0.05, 0.1) is 12.2 Å². The zero-order valence-corrected chi connectivity index (χ0v) is 12.1. The quantitative estimate of drug-likeness (QED) is 0.891. The summed E-state index contributed by atoms with van der Waals surface area (Å²) in [6, 6.07) is 3.10. The first-order chi connectivity index (χ1) is 9.99. The highest BCUT2D eigenvalue weighted by Gasteiger charge is 2.26. The summed E-state index contributed by atoms with van der Waals surface area (Å²) in [5, 5.41) is 2.48. The van der Waals surface area contributed by atoms with E-state index in [-0.39, 0.29) is 18.1 Å². The fraction of sp³-hybridized carbons (Fsp3) is 0.533. The van der Waals surface area contributed by atoms with Crippen molar-refractivity contribution in [2.45, 2.75) is 13.3 Å². The van der Waals surface area contributed by atoms with Crippen LogP contribution < -0.4 is 11.1 Å². The number of nitrogens with one attached hydrogen (secondary N) is 1. The molecule has 1 amide bonds. The molecule has 21 heavy (non-hydrogen) atoms. The molecular formula is C15H21F2N3O. The second kappa shape index (κ2) is 6.95. The number of rotatable bonds is 4. The normalized spacial score (nSPS) is 23.0. The highest BCUT2D eigenvalue weighted by atomic mass is 19.1. The van der Waals surface area contributed by atoms with Gasteiger partial charge in [-0.25, -0.2) is 8.78 Å². The average molecular weight is 297 g/mol. The number of carbonyl (C=O) groups excluding carboxylic acids is 1. The van der Waals surface area contributed by atoms with Crippen molar-refractivity contribution in [3.8, 4) is 0 Å². The molecule has 6 heteroatoms. The third-order valence-electron chi connectivity index (χ3n) is 4.07. The fourth-order valence-electron chi connectivity index (χ4n) is 2.66. The standard InChI is InChI=1S/C15H21F2N3O/c1-10-4-5-20(8-11(10)7-18)9-15(21)19-14-3-2-12(16)6-13(14)17/h2-3,6,10-11H,4-5,7-9,18H2,1H3,(H,19,21). The number of benzene rings is 1. The van der Waals surface area contributed by atoms with Crippen molar-refractivity contribution in [2.75, 3.05) is 31.5 Å². The monoisotopic (exact) mass is 297 g/mol. The van der Waals surface area contributed by atoms with Gasteiger partial charge in [0.15, 0.2) is 0 Å². The van der Waals surface area contributed by atoms with E-state index in [0.717, 1.165) is 31.6 Å². The van der Waals surface area contributed by atoms with E-state index >= 15 is 0 Å². The number of piperidine rings is 1. The summed E-state index contributed by atoms with van der Waals surface area (Å²) in [7, 11) is 0. The van der Waals surface area contributed by atoms with Gasteiger partial charge in [-0.15, -0.1) is 0 Å². The zero-order valence-electron chi connectivity index (χ0n) is 12.1. The van der Waals surface area contributed by atoms with Gasteiger partial charge in [0, 0.05) is 12.6 Å². The Morgan fingerprint density at radius 2 is 2.24 bits per heavy atom. The van der Waals surface area contributed by atoms with Crippen LogP contribution in [0.15, 0.2) is 18.2 Å². The molecule has 1 fully saturated rings. The first kappa shape index (κ1) is 15.9. The van der Waals surface area contributed by atoms with Crippen molar-refractivity contribution in [3.05, 3.63) is 29.8 Å². The summed E-state index contributed by atoms with van der Waals surface area (Å²) in [5.74, 6) is -0.791. The van der Waals surface area contributed by atoms with Gasteiger partial charge < -0.3 is 11.1 Å². The third-order valence-corrected chi connectivity index (χ3v) is 4.07. The van der Waals surface area contributed by atoms with Gasteiger partial charge in [-0.1, -0.05) is 6.92 Å². The summed E-state index contributed by atoms with van der Waals surface area (Å²) in [4.78, 5) is 14.0. The summed E-state index contributed by atoms with van der Waals surface area (Å²) < 4.78 is 26.3. The number of halogens is 2. The lowest BCUT2D eigenvalue weighted by Gasteiger charge is -2.36. The van der Waals surface area contributed by atoms with Crippen LogP contribution in [0.5, 0.6) is 0 Å². The topological polar surface area (TPSA) is 58.4 Å². The van der Waals surface area contributed by atoms with E-state index in [1.165, 1.54) is 6.07 Å². The number of carbonyl (C=O) groups is 1. The van der Waals surface area contributed by atoms with Gasteiger partial charge >= 0.3 is 0 Å². The molecule has 0 aromatic heterocycles. The molecule has 0 spiro atoms. The van der Waals surface area contributed by atoms with E-state index in [1.54, 1.807) is 0 Å². The van der Waals surface area contributed by atoms with E-state index in [2.05, 4.69) is 12.2 Å². The minimum Gasteiger partial charge on any atom is -0.330 e. The van der Waals surface area contributed by atoms with Crippen LogP contribution in [-0.4, -0.2) is 37.0 Å². The van der Waals surface area contributed by atoms with E-state index in [1.807, 2.05) is 4.90 Å². The first-order valence-corrected chi connectivity index (χ1v) is 7.17. The molecule has 2 atom stereocenters. The van der Waals surface area contributed by atoms with Gasteiger partial charge in [0.25, 0.3) is 0 Å². The van der Waals surface area contributed by atoms with Gasteiger partial charge in [-0.2, -0.15) is 0 Å². The number of nitrogens with zero attached hydrogens (tertiary/aromatic N) is 1. The molecule has 3 N–H and O–H groups in total. The Morgan fingerprint density at radius 3 is 2.90 bits per heavy atom. The van der Waals surface area contributed by atoms with Crippen LogP contribution in [0.2, 0.25) is 0 Å². The maximum absolute atomic E-state index is 13.5. The Bertz CT molecular complexity index is 510. The number of likely N-dealkylation sites (tertiary alicyclic amines) is 1. The van der Waals surface area contributed by atoms with Gasteiger partial charge in [0.1, 0.15) is 11.6 Å². The van der Waals surface area contributed by atoms with Gasteiger partial charge in [-0.05, 0) is 43.5 Å². The number of hydrogen-bond acceptors (Lipinski definition) is 3. The molecule has 4 nitrogen and oxygen atoms in total. The smallest absolute Gasteiger partial charge is 0.238 e. The lowest BCUT2D eigenvalue weighted by Crippen LogP contribution is -2.45. The lowest BCUT2D eigenvalue weighted by atomic mass is 9.87. The number of hydrogen-bond donors (Lipinski definition) is 2. The maximum atomic E-state index is 13.5. The van der Waals surface area contributed by atoms with Crippen molar-refractivity contribution in [3.63, 3.8) is 0 Å². The second-order valence-corrected chi connectivity index (χ2v) is 5.67. The van der Waals surface area contributed by atoms with Crippen LogP contribution in [0.1, 0.15) is 13.3 Å². The molecule has 1 aliphatic heterocycles. The van der Waals surface area contributed by atoms with Gasteiger partial charge in [0.2, 0.25) is 5.91 Å². The van der Waals surface area contributed by atoms with E-state index in [4.69, 9.17) is 5.73 Å². The highest BCUT2D eigenvalue weighted by molar-refractivity contribution is 5.92. The molecule has 2 unspecified atom stereocenters. The van der Waals surface area contributed by atoms with Gasteiger partial charge in [-0.3, -0.25) is 9.69 Å². The van der Waals surface area contributed by atoms with Crippen LogP contribution in [-0.2, 0) is 4.79 Å². The largest absolute Gasteiger partial charge is 0.330 e. The molecule has 1 saturated heterocycles. The molecule has 1 aliphatic rings. The zero-order chi connectivity index (χ0) is 15.4. The van der Waals surface area contributed by atoms with Crippen LogP contribution >= 0.6 is 0 Å². The fourth-order valence-corrected chi connectivity index (χ4v) is 2.66. The number of amides is 1. The molecule has 0 radical (unpaired) electrons. The molecule has 1 heterocycles. The molecule has 0 bridgehead atoms. The Hall–Kier alpha value is -1.53. The minimum absolute atomic E-state index is 0.00199. The Balaban J connectivity index is 1.90. The summed E-state index contributed by atoms with van der Waals surface area (Å²) in [5.41, 5.74) is 5.73. The van der Waals surface area contributed by atoms with Crippen molar-refractivity contribution < 1.29 is 13.6 Å². The molecule has 1 aromatic rings. The molecule has 116 valence electrons. The lowest BCUT2D eigenvalue weighted by molar-refractivity contribution is -0.117. The molecule has 1 aromatic carbocycles. The SMILES string of the molecule is CC1CCN(CC(=O)Nc2ccc(F)cc2F)CC1CN. The highest BCUT2D eigenvalue weighted by Crippen LogP contribution is 2.22. The minimum atomic E-state index is -0.768. The van der Waals surface area contributed by atoms with Crippen LogP contribution in [0.3, 0.4) is 0 Å². The second-order valence-electron chi connectivity index (χ2n) is 5.67. The van der Waals surface area contributed by atoms with Crippen molar-refractivity contribution in [2.24, 2.45) is 17.6 Å². The third kappa shape index (κ3) is 4.22. The Morgan fingerprint density at radius 1 is 1.48 bits per heavy atom. The van der Waals surface area contributed by atoms with Crippen LogP contribution in [0.4, 0.5) is 14.5 Å². The predicted molar refractivity (Wildman–Crippen MR) is 77.8 cm³/mol. The summed E-state index contributed by atoms with van der Waals surface area (Å²) >= 11 is 0. The predicted octanol–water partition coefficient (Wildman–Crippen LogP) is 1.82. The Kier molecular flexibility index (Phi) is 5.25. The van der Waals surface area contributed by atoms with Crippen molar-refractivity contribution >= 4 is 11.6 Å². The molecular weight excluding hydrogens is 276 g/mol. The van der Waals surface area contributed by atoms with Crippen LogP contribution in [0.25, 0.3) is 0 Å². The summed E-state index contributed by atoms with van der Waals surface area (Å²) in [6.45, 7) is 4.57. The van der Waals surface area contributed by atoms with E-state index < -0.39 is 11.6 Å². The Labute approximate surface area is 123 Å². The van der Waals surface area contributed by atoms with Crippen LogP contribution in [0, 0.1) is 23.5 Å².